The number of hydrogen-bond acceptors (Lipinski definition) is 3. The molecule has 0 unspecified atom stereocenters. The van der Waals surface area contributed by atoms with Gasteiger partial charge in [-0.3, -0.25) is 0 Å². The number of sulfonamides is 1. The normalized spacial score (nSPS) is 14.8. The number of hydrogen-bond donors (Lipinski definition) is 0. The Labute approximate surface area is 172 Å². The lowest BCUT2D eigenvalue weighted by Gasteiger charge is -2.16. The van der Waals surface area contributed by atoms with E-state index in [2.05, 4.69) is 19.7 Å². The fourth-order valence-electron chi connectivity index (χ4n) is 2.51. The second-order valence-corrected chi connectivity index (χ2v) is 11.1. The van der Waals surface area contributed by atoms with Gasteiger partial charge in [-0.25, -0.2) is 8.60 Å². The summed E-state index contributed by atoms with van der Waals surface area (Å²) in [5.74, 6) is 0. The summed E-state index contributed by atoms with van der Waals surface area (Å²) in [5.41, 5.74) is -1.18. The van der Waals surface area contributed by atoms with Crippen LogP contribution in [0, 0.1) is 6.92 Å². The van der Waals surface area contributed by atoms with E-state index in [1.54, 1.807) is 42.5 Å². The fraction of sp³-hybridized carbons (Fsp3) is 0.100. The van der Waals surface area contributed by atoms with Gasteiger partial charge < -0.3 is 0 Å². The summed E-state index contributed by atoms with van der Waals surface area (Å²) in [6.07, 6.45) is 0. The summed E-state index contributed by atoms with van der Waals surface area (Å²) >= 11 is 3.26. The molecule has 3 rings (SSSR count). The highest BCUT2D eigenvalue weighted by Crippen LogP contribution is 2.34. The van der Waals surface area contributed by atoms with Crippen LogP contribution in [0.1, 0.15) is 16.6 Å². The summed E-state index contributed by atoms with van der Waals surface area (Å²) in [6, 6.07) is 19.7. The SMILES string of the molecule is Cc1ccc(S(=O)(=O)N=[S@](=O)(c2ccccc2)[C@@H](F)c2ccc(Br)cc2)cc1. The van der Waals surface area contributed by atoms with Crippen LogP contribution in [0.2, 0.25) is 0 Å². The molecule has 0 aliphatic carbocycles. The number of halogens is 2. The number of benzene rings is 3. The van der Waals surface area contributed by atoms with Gasteiger partial charge in [0.25, 0.3) is 10.0 Å². The van der Waals surface area contributed by atoms with Crippen molar-refractivity contribution in [2.45, 2.75) is 22.2 Å². The Morgan fingerprint density at radius 2 is 1.39 bits per heavy atom. The first-order chi connectivity index (χ1) is 13.2. The van der Waals surface area contributed by atoms with Crippen LogP contribution in [-0.4, -0.2) is 12.6 Å². The van der Waals surface area contributed by atoms with Crippen LogP contribution in [0.5, 0.6) is 0 Å². The molecular weight excluding hydrogens is 465 g/mol. The molecule has 2 atom stereocenters. The third-order valence-corrected chi connectivity index (χ3v) is 8.87. The van der Waals surface area contributed by atoms with Gasteiger partial charge in [0.15, 0.2) is 0 Å². The quantitative estimate of drug-likeness (QED) is 0.473. The summed E-state index contributed by atoms with van der Waals surface area (Å²) in [6.45, 7) is 1.81. The van der Waals surface area contributed by atoms with E-state index < -0.39 is 25.3 Å². The second-order valence-electron chi connectivity index (χ2n) is 6.11. The van der Waals surface area contributed by atoms with Crippen LogP contribution in [0.15, 0.2) is 96.9 Å². The predicted molar refractivity (Wildman–Crippen MR) is 112 cm³/mol. The molecule has 146 valence electrons. The topological polar surface area (TPSA) is 63.6 Å². The Kier molecular flexibility index (Phi) is 6.02. The summed E-state index contributed by atoms with van der Waals surface area (Å²) in [4.78, 5) is -0.120. The average Bonchev–Trinajstić information content (AvgIpc) is 2.68. The first kappa shape index (κ1) is 20.7. The minimum Gasteiger partial charge on any atom is -0.240 e. The van der Waals surface area contributed by atoms with Crippen LogP contribution in [0.4, 0.5) is 4.39 Å². The largest absolute Gasteiger partial charge is 0.290 e. The van der Waals surface area contributed by atoms with Crippen molar-refractivity contribution in [3.05, 3.63) is 94.5 Å². The zero-order chi connectivity index (χ0) is 20.4. The molecule has 0 fully saturated rings. The number of alkyl halides is 1. The monoisotopic (exact) mass is 481 g/mol. The average molecular weight is 482 g/mol. The Hall–Kier alpha value is -2.03. The van der Waals surface area contributed by atoms with Gasteiger partial charge in [0.1, 0.15) is 9.73 Å². The van der Waals surface area contributed by atoms with Crippen LogP contribution in [0.25, 0.3) is 0 Å². The van der Waals surface area contributed by atoms with Crippen LogP contribution < -0.4 is 0 Å². The van der Waals surface area contributed by atoms with Crippen LogP contribution in [-0.2, 0) is 19.8 Å². The number of rotatable bonds is 5. The summed E-state index contributed by atoms with van der Waals surface area (Å²) < 4.78 is 59.1. The number of nitrogens with zero attached hydrogens (tertiary/aromatic N) is 1. The first-order valence-electron chi connectivity index (χ1n) is 8.26. The molecule has 3 aromatic rings. The molecule has 0 amide bonds. The predicted octanol–water partition coefficient (Wildman–Crippen LogP) is 5.64. The van der Waals surface area contributed by atoms with Gasteiger partial charge in [-0.2, -0.15) is 8.42 Å². The van der Waals surface area contributed by atoms with Crippen molar-refractivity contribution in [2.24, 2.45) is 3.77 Å². The second kappa shape index (κ2) is 8.14. The number of aryl methyl sites for hydroxylation is 1. The molecule has 0 spiro atoms. The lowest BCUT2D eigenvalue weighted by atomic mass is 10.2. The zero-order valence-electron chi connectivity index (χ0n) is 14.8. The third-order valence-electron chi connectivity index (χ3n) is 4.02. The molecule has 0 aliphatic rings. The van der Waals surface area contributed by atoms with Crippen molar-refractivity contribution in [2.75, 3.05) is 0 Å². The molecule has 0 radical (unpaired) electrons. The van der Waals surface area contributed by atoms with E-state index in [1.165, 1.54) is 36.4 Å². The van der Waals surface area contributed by atoms with Crippen molar-refractivity contribution in [3.8, 4) is 0 Å². The van der Waals surface area contributed by atoms with E-state index in [0.29, 0.717) is 0 Å². The van der Waals surface area contributed by atoms with Crippen molar-refractivity contribution in [1.29, 1.82) is 0 Å². The molecule has 28 heavy (non-hydrogen) atoms. The van der Waals surface area contributed by atoms with Crippen molar-refractivity contribution >= 4 is 35.7 Å². The smallest absolute Gasteiger partial charge is 0.240 e. The Morgan fingerprint density at radius 3 is 1.96 bits per heavy atom. The van der Waals surface area contributed by atoms with Crippen molar-refractivity contribution in [1.82, 2.24) is 0 Å². The molecule has 0 aliphatic heterocycles. The molecule has 0 aromatic heterocycles. The minimum absolute atomic E-state index is 0.0149. The standard InChI is InChI=1S/C20H17BrFNO3S2/c1-15-7-13-19(14-8-15)28(25,26)23-27(24,18-5-3-2-4-6-18)20(22)16-9-11-17(21)12-10-16/h2-14,20H,1H3/t20-,27+/m1/s1. The molecule has 0 saturated heterocycles. The molecule has 0 N–H and O–H groups in total. The Balaban J connectivity index is 2.22. The Morgan fingerprint density at radius 1 is 0.821 bits per heavy atom. The van der Waals surface area contributed by atoms with Gasteiger partial charge in [-0.1, -0.05) is 67.7 Å². The van der Waals surface area contributed by atoms with Gasteiger partial charge in [-0.05, 0) is 43.3 Å². The highest BCUT2D eigenvalue weighted by atomic mass is 79.9. The highest BCUT2D eigenvalue weighted by molar-refractivity contribution is 9.10. The third kappa shape index (κ3) is 4.34. The van der Waals surface area contributed by atoms with Gasteiger partial charge in [-0.15, -0.1) is 0 Å². The molecule has 4 nitrogen and oxygen atoms in total. The van der Waals surface area contributed by atoms with E-state index in [-0.39, 0.29) is 15.4 Å². The maximum absolute atomic E-state index is 15.5. The zero-order valence-corrected chi connectivity index (χ0v) is 18.0. The van der Waals surface area contributed by atoms with E-state index in [4.69, 9.17) is 0 Å². The van der Waals surface area contributed by atoms with E-state index in [0.717, 1.165) is 10.0 Å². The van der Waals surface area contributed by atoms with Crippen LogP contribution >= 0.6 is 15.9 Å². The summed E-state index contributed by atoms with van der Waals surface area (Å²) in [7, 11) is -8.32. The van der Waals surface area contributed by atoms with Gasteiger partial charge in [0, 0.05) is 10.0 Å². The molecule has 0 saturated carbocycles. The van der Waals surface area contributed by atoms with Crippen LogP contribution in [0.3, 0.4) is 0 Å². The maximum Gasteiger partial charge on any atom is 0.290 e. The van der Waals surface area contributed by atoms with E-state index in [9.17, 15) is 12.6 Å². The van der Waals surface area contributed by atoms with Gasteiger partial charge >= 0.3 is 0 Å². The molecule has 0 heterocycles. The molecular formula is C20H17BrFNO3S2. The molecule has 3 aromatic carbocycles. The van der Waals surface area contributed by atoms with Crippen molar-refractivity contribution in [3.63, 3.8) is 0 Å². The summed E-state index contributed by atoms with van der Waals surface area (Å²) in [5, 5.41) is 0. The van der Waals surface area contributed by atoms with Crippen molar-refractivity contribution < 1.29 is 17.0 Å². The molecule has 8 heteroatoms. The van der Waals surface area contributed by atoms with E-state index in [1.807, 2.05) is 6.92 Å². The maximum atomic E-state index is 15.5. The lowest BCUT2D eigenvalue weighted by Crippen LogP contribution is -2.13. The Bertz CT molecular complexity index is 1190. The molecule has 0 bridgehead atoms. The van der Waals surface area contributed by atoms with E-state index >= 15 is 4.39 Å². The van der Waals surface area contributed by atoms with Gasteiger partial charge in [0.05, 0.1) is 9.79 Å². The minimum atomic E-state index is -4.34. The highest BCUT2D eigenvalue weighted by Gasteiger charge is 2.30. The lowest BCUT2D eigenvalue weighted by molar-refractivity contribution is 0.450. The van der Waals surface area contributed by atoms with Gasteiger partial charge in [0.2, 0.25) is 5.50 Å². The first-order valence-corrected chi connectivity index (χ1v) is 12.1. The fourth-order valence-corrected chi connectivity index (χ4v) is 6.73.